The van der Waals surface area contributed by atoms with Crippen LogP contribution in [0.5, 0.6) is 5.75 Å². The lowest BCUT2D eigenvalue weighted by molar-refractivity contribution is 0.407. The van der Waals surface area contributed by atoms with Crippen LogP contribution in [0.4, 0.5) is 4.39 Å². The van der Waals surface area contributed by atoms with Gasteiger partial charge in [0.2, 0.25) is 0 Å². The summed E-state index contributed by atoms with van der Waals surface area (Å²) in [7, 11) is 1.58. The normalized spacial score (nSPS) is 23.3. The van der Waals surface area contributed by atoms with Crippen LogP contribution in [0.2, 0.25) is 0 Å². The van der Waals surface area contributed by atoms with E-state index in [4.69, 9.17) is 4.74 Å². The van der Waals surface area contributed by atoms with Crippen molar-refractivity contribution in [2.75, 3.05) is 13.7 Å². The Morgan fingerprint density at radius 1 is 1.50 bits per heavy atom. The largest absolute Gasteiger partial charge is 0.497 e. The molecule has 1 aromatic rings. The SMILES string of the molecule is CCNC1CC(C)SCc2c(F)cc(OC)cc21. The quantitative estimate of drug-likeness (QED) is 0.907. The molecule has 1 aliphatic rings. The van der Waals surface area contributed by atoms with E-state index in [0.717, 1.165) is 29.8 Å². The van der Waals surface area contributed by atoms with Crippen LogP contribution in [-0.2, 0) is 5.75 Å². The van der Waals surface area contributed by atoms with Crippen molar-refractivity contribution in [1.82, 2.24) is 5.32 Å². The Bertz CT molecular complexity index is 425. The van der Waals surface area contributed by atoms with Gasteiger partial charge < -0.3 is 10.1 Å². The van der Waals surface area contributed by atoms with E-state index in [-0.39, 0.29) is 11.9 Å². The van der Waals surface area contributed by atoms with Crippen LogP contribution < -0.4 is 10.1 Å². The third-order valence-electron chi connectivity index (χ3n) is 3.34. The van der Waals surface area contributed by atoms with Gasteiger partial charge in [-0.25, -0.2) is 4.39 Å². The molecular weight excluding hydrogens is 249 g/mol. The van der Waals surface area contributed by atoms with E-state index in [1.165, 1.54) is 6.07 Å². The van der Waals surface area contributed by atoms with E-state index in [0.29, 0.717) is 11.0 Å². The van der Waals surface area contributed by atoms with Crippen molar-refractivity contribution in [3.8, 4) is 5.75 Å². The molecule has 1 N–H and O–H groups in total. The van der Waals surface area contributed by atoms with E-state index in [1.54, 1.807) is 7.11 Å². The molecule has 0 radical (unpaired) electrons. The highest BCUT2D eigenvalue weighted by molar-refractivity contribution is 7.99. The van der Waals surface area contributed by atoms with E-state index in [2.05, 4.69) is 19.2 Å². The average molecular weight is 269 g/mol. The fourth-order valence-corrected chi connectivity index (χ4v) is 3.49. The van der Waals surface area contributed by atoms with Crippen molar-refractivity contribution in [3.63, 3.8) is 0 Å². The maximum atomic E-state index is 14.1. The number of nitrogens with one attached hydrogen (secondary N) is 1. The maximum Gasteiger partial charge on any atom is 0.131 e. The van der Waals surface area contributed by atoms with Gasteiger partial charge in [0, 0.05) is 28.7 Å². The number of fused-ring (bicyclic) bond motifs is 1. The minimum absolute atomic E-state index is 0.145. The molecule has 4 heteroatoms. The lowest BCUT2D eigenvalue weighted by Gasteiger charge is -2.20. The molecule has 0 aromatic heterocycles. The Balaban J connectivity index is 2.44. The van der Waals surface area contributed by atoms with E-state index in [9.17, 15) is 4.39 Å². The Hall–Kier alpha value is -0.740. The molecule has 0 bridgehead atoms. The first kappa shape index (κ1) is 13.7. The number of methoxy groups -OCH3 is 1. The van der Waals surface area contributed by atoms with Gasteiger partial charge in [0.15, 0.2) is 0 Å². The maximum absolute atomic E-state index is 14.1. The summed E-state index contributed by atoms with van der Waals surface area (Å²) in [4.78, 5) is 0. The molecule has 1 aliphatic heterocycles. The first-order chi connectivity index (χ1) is 8.65. The topological polar surface area (TPSA) is 21.3 Å². The number of hydrogen-bond donors (Lipinski definition) is 1. The number of halogens is 1. The summed E-state index contributed by atoms with van der Waals surface area (Å²) in [6.45, 7) is 5.18. The number of rotatable bonds is 3. The summed E-state index contributed by atoms with van der Waals surface area (Å²) in [6, 6.07) is 3.68. The first-order valence-corrected chi connectivity index (χ1v) is 7.41. The third kappa shape index (κ3) is 2.81. The van der Waals surface area contributed by atoms with Crippen molar-refractivity contribution < 1.29 is 9.13 Å². The van der Waals surface area contributed by atoms with Crippen LogP contribution in [0.15, 0.2) is 12.1 Å². The molecule has 2 nitrogen and oxygen atoms in total. The smallest absolute Gasteiger partial charge is 0.131 e. The van der Waals surface area contributed by atoms with E-state index >= 15 is 0 Å². The molecule has 1 aromatic carbocycles. The lowest BCUT2D eigenvalue weighted by Crippen LogP contribution is -2.23. The van der Waals surface area contributed by atoms with Gasteiger partial charge in [-0.15, -0.1) is 0 Å². The van der Waals surface area contributed by atoms with Crippen molar-refractivity contribution in [2.24, 2.45) is 0 Å². The molecule has 2 rings (SSSR count). The minimum Gasteiger partial charge on any atom is -0.497 e. The molecule has 0 spiro atoms. The van der Waals surface area contributed by atoms with Gasteiger partial charge in [-0.2, -0.15) is 11.8 Å². The Morgan fingerprint density at radius 3 is 2.94 bits per heavy atom. The van der Waals surface area contributed by atoms with Crippen molar-refractivity contribution in [1.29, 1.82) is 0 Å². The van der Waals surface area contributed by atoms with Gasteiger partial charge in [-0.05, 0) is 24.6 Å². The van der Waals surface area contributed by atoms with Gasteiger partial charge in [0.25, 0.3) is 0 Å². The van der Waals surface area contributed by atoms with Crippen LogP contribution in [0.3, 0.4) is 0 Å². The molecule has 0 aliphatic carbocycles. The minimum atomic E-state index is -0.145. The zero-order valence-corrected chi connectivity index (χ0v) is 11.9. The molecule has 2 unspecified atom stereocenters. The summed E-state index contributed by atoms with van der Waals surface area (Å²) in [6.07, 6.45) is 1.03. The highest BCUT2D eigenvalue weighted by Crippen LogP contribution is 2.37. The van der Waals surface area contributed by atoms with Crippen LogP contribution in [0.25, 0.3) is 0 Å². The zero-order valence-electron chi connectivity index (χ0n) is 11.1. The van der Waals surface area contributed by atoms with Crippen LogP contribution in [0, 0.1) is 5.82 Å². The van der Waals surface area contributed by atoms with Gasteiger partial charge in [0.05, 0.1) is 7.11 Å². The van der Waals surface area contributed by atoms with Crippen molar-refractivity contribution >= 4 is 11.8 Å². The Morgan fingerprint density at radius 2 is 2.28 bits per heavy atom. The monoisotopic (exact) mass is 269 g/mol. The number of benzene rings is 1. The van der Waals surface area contributed by atoms with Gasteiger partial charge in [0.1, 0.15) is 11.6 Å². The number of ether oxygens (including phenoxy) is 1. The van der Waals surface area contributed by atoms with Crippen LogP contribution in [-0.4, -0.2) is 18.9 Å². The predicted octanol–water partition coefficient (Wildman–Crippen LogP) is 3.51. The lowest BCUT2D eigenvalue weighted by atomic mass is 9.97. The molecule has 0 saturated carbocycles. The summed E-state index contributed by atoms with van der Waals surface area (Å²) in [5.41, 5.74) is 1.89. The molecular formula is C14H20FNOS. The highest BCUT2D eigenvalue weighted by atomic mass is 32.2. The summed E-state index contributed by atoms with van der Waals surface area (Å²) in [5, 5.41) is 3.99. The fourth-order valence-electron chi connectivity index (χ4n) is 2.41. The van der Waals surface area contributed by atoms with Crippen LogP contribution >= 0.6 is 11.8 Å². The second kappa shape index (κ2) is 5.93. The predicted molar refractivity (Wildman–Crippen MR) is 74.7 cm³/mol. The highest BCUT2D eigenvalue weighted by Gasteiger charge is 2.25. The Labute approximate surface area is 112 Å². The first-order valence-electron chi connectivity index (χ1n) is 6.37. The number of thioether (sulfide) groups is 1. The standard InChI is InChI=1S/C14H20FNOS/c1-4-16-14-5-9(2)18-8-12-11(14)6-10(17-3)7-13(12)15/h6-7,9,14,16H,4-5,8H2,1-3H3. The van der Waals surface area contributed by atoms with Crippen LogP contribution in [0.1, 0.15) is 37.4 Å². The molecule has 0 fully saturated rings. The summed E-state index contributed by atoms with van der Waals surface area (Å²) < 4.78 is 19.3. The second-order valence-corrected chi connectivity index (χ2v) is 6.07. The zero-order chi connectivity index (χ0) is 13.1. The molecule has 2 atom stereocenters. The summed E-state index contributed by atoms with van der Waals surface area (Å²) in [5.74, 6) is 1.20. The van der Waals surface area contributed by atoms with Gasteiger partial charge in [-0.3, -0.25) is 0 Å². The molecule has 0 amide bonds. The Kier molecular flexibility index (Phi) is 4.51. The average Bonchev–Trinajstić information content (AvgIpc) is 2.50. The fraction of sp³-hybridized carbons (Fsp3) is 0.571. The molecule has 1 heterocycles. The third-order valence-corrected chi connectivity index (χ3v) is 4.56. The van der Waals surface area contributed by atoms with Gasteiger partial charge >= 0.3 is 0 Å². The second-order valence-electron chi connectivity index (χ2n) is 4.64. The van der Waals surface area contributed by atoms with Crippen molar-refractivity contribution in [2.45, 2.75) is 37.3 Å². The van der Waals surface area contributed by atoms with Crippen molar-refractivity contribution in [3.05, 3.63) is 29.1 Å². The van der Waals surface area contributed by atoms with E-state index < -0.39 is 0 Å². The van der Waals surface area contributed by atoms with E-state index in [1.807, 2.05) is 17.8 Å². The molecule has 100 valence electrons. The number of hydrogen-bond acceptors (Lipinski definition) is 3. The molecule has 0 saturated heterocycles. The molecule has 18 heavy (non-hydrogen) atoms. The summed E-state index contributed by atoms with van der Waals surface area (Å²) >= 11 is 1.82. The van der Waals surface area contributed by atoms with Gasteiger partial charge in [-0.1, -0.05) is 13.8 Å².